The number of hydrogen-bond acceptors (Lipinski definition) is 9. The number of likely N-dealkylation sites (tertiary alicyclic amines) is 1. The number of alkyl carbamates (subject to hydrolysis) is 1. The van der Waals surface area contributed by atoms with Crippen LogP contribution < -0.4 is 10.6 Å². The van der Waals surface area contributed by atoms with Crippen molar-refractivity contribution in [2.75, 3.05) is 13.7 Å². The molecule has 1 aliphatic carbocycles. The molecule has 0 spiro atoms. The summed E-state index contributed by atoms with van der Waals surface area (Å²) in [5.41, 5.74) is -2.88. The van der Waals surface area contributed by atoms with Gasteiger partial charge < -0.3 is 25.0 Å². The second-order valence-corrected chi connectivity index (χ2v) is 15.6. The van der Waals surface area contributed by atoms with Crippen LogP contribution in [0.3, 0.4) is 0 Å². The number of nitrogens with zero attached hydrogens (tertiary/aromatic N) is 1. The lowest BCUT2D eigenvalue weighted by atomic mass is 9.85. The van der Waals surface area contributed by atoms with Crippen molar-refractivity contribution >= 4 is 49.9 Å². The highest BCUT2D eigenvalue weighted by atomic mass is 79.9. The Morgan fingerprint density at radius 3 is 2.19 bits per heavy atom. The van der Waals surface area contributed by atoms with Gasteiger partial charge in [0.05, 0.1) is 18.1 Å². The molecule has 3 rings (SSSR count). The summed E-state index contributed by atoms with van der Waals surface area (Å²) in [7, 11) is -3.02. The third-order valence-corrected chi connectivity index (χ3v) is 9.39. The summed E-state index contributed by atoms with van der Waals surface area (Å²) >= 11 is 3.27. The highest BCUT2D eigenvalue weighted by molar-refractivity contribution is 9.10. The van der Waals surface area contributed by atoms with Crippen molar-refractivity contribution in [2.45, 2.75) is 102 Å². The first-order valence-corrected chi connectivity index (χ1v) is 16.3. The van der Waals surface area contributed by atoms with Crippen LogP contribution in [-0.4, -0.2) is 80.2 Å². The number of methoxy groups -OCH3 is 1. The molecule has 2 N–H and O–H groups in total. The third kappa shape index (κ3) is 8.27. The normalized spacial score (nSPS) is 24.6. The molecule has 2 aliphatic rings. The summed E-state index contributed by atoms with van der Waals surface area (Å²) in [5.74, 6) is -2.00. The van der Waals surface area contributed by atoms with E-state index in [1.165, 1.54) is 24.1 Å². The van der Waals surface area contributed by atoms with Crippen molar-refractivity contribution in [3.05, 3.63) is 28.7 Å². The minimum absolute atomic E-state index is 0.0888. The van der Waals surface area contributed by atoms with Crippen LogP contribution in [0.4, 0.5) is 4.79 Å². The lowest BCUT2D eigenvalue weighted by Crippen LogP contribution is -2.59. The van der Waals surface area contributed by atoms with E-state index in [4.69, 9.17) is 13.7 Å². The van der Waals surface area contributed by atoms with E-state index in [1.807, 2.05) is 6.92 Å². The first kappa shape index (κ1) is 34.8. The van der Waals surface area contributed by atoms with Gasteiger partial charge in [0.2, 0.25) is 11.8 Å². The van der Waals surface area contributed by atoms with Gasteiger partial charge in [-0.25, -0.2) is 9.59 Å². The molecule has 43 heavy (non-hydrogen) atoms. The summed E-state index contributed by atoms with van der Waals surface area (Å²) in [4.78, 5) is 54.3. The van der Waals surface area contributed by atoms with Crippen LogP contribution in [0.1, 0.15) is 67.7 Å². The quantitative estimate of drug-likeness (QED) is 0.293. The molecule has 1 saturated heterocycles. The molecule has 1 aliphatic heterocycles. The molecule has 14 heteroatoms. The molecule has 0 aromatic heterocycles. The van der Waals surface area contributed by atoms with Crippen LogP contribution in [0.25, 0.3) is 0 Å². The van der Waals surface area contributed by atoms with Crippen LogP contribution in [0.2, 0.25) is 0 Å². The van der Waals surface area contributed by atoms with Crippen LogP contribution in [0.15, 0.2) is 33.6 Å². The number of benzene rings is 1. The fourth-order valence-electron chi connectivity index (χ4n) is 5.20. The molecule has 5 atom stereocenters. The second kappa shape index (κ2) is 12.7. The van der Waals surface area contributed by atoms with Gasteiger partial charge in [0.25, 0.3) is 10.1 Å². The maximum Gasteiger partial charge on any atom is 0.408 e. The van der Waals surface area contributed by atoms with Gasteiger partial charge in [-0.2, -0.15) is 8.42 Å². The molecular formula is C29H42BrN3O9S. The molecule has 0 bridgehead atoms. The van der Waals surface area contributed by atoms with E-state index in [2.05, 4.69) is 26.6 Å². The second-order valence-electron chi connectivity index (χ2n) is 13.1. The number of nitrogens with one attached hydrogen (secondary N) is 2. The molecule has 2 fully saturated rings. The summed E-state index contributed by atoms with van der Waals surface area (Å²) in [6, 6.07) is 3.53. The Labute approximate surface area is 261 Å². The number of halogens is 1. The van der Waals surface area contributed by atoms with Gasteiger partial charge in [0, 0.05) is 17.4 Å². The Kier molecular flexibility index (Phi) is 10.3. The summed E-state index contributed by atoms with van der Waals surface area (Å²) in [6.07, 6.45) is -1.06. The molecule has 1 saturated carbocycles. The molecule has 3 amide bonds. The Morgan fingerprint density at radius 1 is 1.09 bits per heavy atom. The van der Waals surface area contributed by atoms with Gasteiger partial charge in [-0.1, -0.05) is 50.0 Å². The standard InChI is InChI=1S/C29H42BrN3O9S/c1-9-17-15-29(17,25(36)40-8)32-23(34)21-14-19(42-43(38,39)20-12-10-18(30)11-13-20)16-33(21)24(35)22(27(2,3)4)31-26(37)41-28(5,6)7/h10-13,17,19,21-22H,9,14-16H2,1-8H3,(H,31,37)(H,32,34)/t17?,19-,21-,22+,29+/m0/s1. The number of carbonyl (C=O) groups is 4. The zero-order chi connectivity index (χ0) is 32.5. The Balaban J connectivity index is 1.93. The molecule has 12 nitrogen and oxygen atoms in total. The zero-order valence-electron chi connectivity index (χ0n) is 25.9. The Hall–Kier alpha value is -2.71. The van der Waals surface area contributed by atoms with Crippen molar-refractivity contribution < 1.29 is 41.3 Å². The molecule has 1 heterocycles. The lowest BCUT2D eigenvalue weighted by Gasteiger charge is -2.36. The zero-order valence-corrected chi connectivity index (χ0v) is 28.3. The number of esters is 1. The van der Waals surface area contributed by atoms with Crippen molar-refractivity contribution in [1.82, 2.24) is 15.5 Å². The van der Waals surface area contributed by atoms with Gasteiger partial charge in [0.1, 0.15) is 23.2 Å². The van der Waals surface area contributed by atoms with Gasteiger partial charge >= 0.3 is 12.1 Å². The molecule has 1 unspecified atom stereocenters. The molecule has 1 aromatic rings. The SMILES string of the molecule is CCC1C[C@]1(NC(=O)[C@@H]1C[C@H](OS(=O)(=O)c2ccc(Br)cc2)CN1C(=O)[C@@H](NC(=O)OC(C)(C)C)C(C)(C)C)C(=O)OC. The molecule has 240 valence electrons. The highest BCUT2D eigenvalue weighted by Crippen LogP contribution is 2.47. The lowest BCUT2D eigenvalue weighted by molar-refractivity contribution is -0.148. The Morgan fingerprint density at radius 2 is 1.70 bits per heavy atom. The molecule has 0 radical (unpaired) electrons. The van der Waals surface area contributed by atoms with E-state index >= 15 is 0 Å². The van der Waals surface area contributed by atoms with Crippen LogP contribution in [0, 0.1) is 11.3 Å². The van der Waals surface area contributed by atoms with E-state index in [1.54, 1.807) is 53.7 Å². The van der Waals surface area contributed by atoms with Crippen molar-refractivity contribution in [1.29, 1.82) is 0 Å². The summed E-state index contributed by atoms with van der Waals surface area (Å²) in [5, 5.41) is 5.41. The average molecular weight is 689 g/mol. The van der Waals surface area contributed by atoms with Crippen molar-refractivity contribution in [2.24, 2.45) is 11.3 Å². The van der Waals surface area contributed by atoms with Crippen molar-refractivity contribution in [3.63, 3.8) is 0 Å². The fourth-order valence-corrected chi connectivity index (χ4v) is 6.54. The van der Waals surface area contributed by atoms with E-state index in [-0.39, 0.29) is 23.8 Å². The molecular weight excluding hydrogens is 646 g/mol. The van der Waals surface area contributed by atoms with E-state index < -0.39 is 68.7 Å². The van der Waals surface area contributed by atoms with Gasteiger partial charge in [-0.15, -0.1) is 0 Å². The minimum atomic E-state index is -4.25. The van der Waals surface area contributed by atoms with Crippen molar-refractivity contribution in [3.8, 4) is 0 Å². The van der Waals surface area contributed by atoms with Crippen LogP contribution >= 0.6 is 15.9 Å². The van der Waals surface area contributed by atoms with Crippen LogP contribution in [0.5, 0.6) is 0 Å². The number of rotatable bonds is 9. The number of hydrogen-bond donors (Lipinski definition) is 2. The van der Waals surface area contributed by atoms with Crippen LogP contribution in [-0.2, 0) is 38.2 Å². The van der Waals surface area contributed by atoms with E-state index in [0.29, 0.717) is 17.3 Å². The Bertz CT molecular complexity index is 1340. The summed E-state index contributed by atoms with van der Waals surface area (Å²) in [6.45, 7) is 11.9. The topological polar surface area (TPSA) is 157 Å². The largest absolute Gasteiger partial charge is 0.467 e. The predicted octanol–water partition coefficient (Wildman–Crippen LogP) is 3.52. The van der Waals surface area contributed by atoms with Gasteiger partial charge in [-0.3, -0.25) is 13.8 Å². The first-order valence-electron chi connectivity index (χ1n) is 14.1. The van der Waals surface area contributed by atoms with E-state index in [0.717, 1.165) is 0 Å². The first-order chi connectivity index (χ1) is 19.7. The fraction of sp³-hybridized carbons (Fsp3) is 0.655. The number of amides is 3. The highest BCUT2D eigenvalue weighted by Gasteiger charge is 2.62. The summed E-state index contributed by atoms with van der Waals surface area (Å²) < 4.78 is 42.7. The monoisotopic (exact) mass is 687 g/mol. The smallest absolute Gasteiger partial charge is 0.408 e. The number of ether oxygens (including phenoxy) is 2. The maximum absolute atomic E-state index is 14.1. The number of carbonyl (C=O) groups excluding carboxylic acids is 4. The maximum atomic E-state index is 14.1. The van der Waals surface area contributed by atoms with Gasteiger partial charge in [-0.05, 0) is 62.8 Å². The minimum Gasteiger partial charge on any atom is -0.467 e. The third-order valence-electron chi connectivity index (χ3n) is 7.48. The average Bonchev–Trinajstić information content (AvgIpc) is 3.44. The molecule has 1 aromatic carbocycles. The van der Waals surface area contributed by atoms with Gasteiger partial charge in [0.15, 0.2) is 0 Å². The predicted molar refractivity (Wildman–Crippen MR) is 160 cm³/mol. The van der Waals surface area contributed by atoms with E-state index in [9.17, 15) is 27.6 Å².